The number of benzene rings is 2. The number of hydrogen-bond acceptors (Lipinski definition) is 4. The van der Waals surface area contributed by atoms with Gasteiger partial charge in [0, 0.05) is 36.6 Å². The third-order valence-corrected chi connectivity index (χ3v) is 3.06. The van der Waals surface area contributed by atoms with E-state index >= 15 is 0 Å². The fourth-order valence-corrected chi connectivity index (χ4v) is 1.99. The molecular formula is C15H14F3N3O2. The predicted octanol–water partition coefficient (Wildman–Crippen LogP) is 4.14. The zero-order chi connectivity index (χ0) is 16.9. The number of hydrogen-bond donors (Lipinski definition) is 2. The topological polar surface area (TPSA) is 67.2 Å². The molecule has 0 atom stereocenters. The van der Waals surface area contributed by atoms with Gasteiger partial charge in [-0.25, -0.2) is 0 Å². The van der Waals surface area contributed by atoms with Crippen LogP contribution in [-0.2, 0) is 6.18 Å². The molecule has 0 heterocycles. The summed E-state index contributed by atoms with van der Waals surface area (Å²) in [6, 6.07) is 11.9. The summed E-state index contributed by atoms with van der Waals surface area (Å²) in [7, 11) is 0. The molecule has 23 heavy (non-hydrogen) atoms. The van der Waals surface area contributed by atoms with Crippen molar-refractivity contribution in [2.24, 2.45) is 0 Å². The van der Waals surface area contributed by atoms with Crippen molar-refractivity contribution >= 4 is 17.1 Å². The summed E-state index contributed by atoms with van der Waals surface area (Å²) >= 11 is 0. The fraction of sp³-hybridized carbons (Fsp3) is 0.200. The van der Waals surface area contributed by atoms with Crippen molar-refractivity contribution in [1.82, 2.24) is 0 Å². The Morgan fingerprint density at radius 3 is 2.26 bits per heavy atom. The first-order valence-electron chi connectivity index (χ1n) is 6.76. The zero-order valence-corrected chi connectivity index (χ0v) is 11.9. The molecule has 0 aliphatic heterocycles. The molecule has 122 valence electrons. The van der Waals surface area contributed by atoms with Gasteiger partial charge < -0.3 is 10.6 Å². The van der Waals surface area contributed by atoms with Gasteiger partial charge in [0.2, 0.25) is 0 Å². The first kappa shape index (κ1) is 16.6. The lowest BCUT2D eigenvalue weighted by molar-refractivity contribution is -0.385. The van der Waals surface area contributed by atoms with Crippen LogP contribution < -0.4 is 10.6 Å². The first-order valence-corrected chi connectivity index (χ1v) is 6.76. The summed E-state index contributed by atoms with van der Waals surface area (Å²) in [6.07, 6.45) is -4.67. The van der Waals surface area contributed by atoms with E-state index in [9.17, 15) is 23.3 Å². The van der Waals surface area contributed by atoms with Crippen LogP contribution in [0, 0.1) is 10.1 Å². The Morgan fingerprint density at radius 1 is 1.00 bits per heavy atom. The fourth-order valence-electron chi connectivity index (χ4n) is 1.99. The minimum atomic E-state index is -4.67. The first-order chi connectivity index (χ1) is 10.9. The second-order valence-electron chi connectivity index (χ2n) is 4.70. The maximum Gasteiger partial charge on any atom is 0.418 e. The van der Waals surface area contributed by atoms with Crippen molar-refractivity contribution in [2.45, 2.75) is 6.18 Å². The van der Waals surface area contributed by atoms with E-state index in [0.717, 1.165) is 17.8 Å². The summed E-state index contributed by atoms with van der Waals surface area (Å²) in [5.41, 5.74) is -0.969. The van der Waals surface area contributed by atoms with Gasteiger partial charge in [-0.2, -0.15) is 13.2 Å². The molecule has 5 nitrogen and oxygen atoms in total. The standard InChI is InChI=1S/C15H14F3N3O2/c16-15(17,18)13-10-12(21(22)23)6-7-14(13)20-9-8-19-11-4-2-1-3-5-11/h1-7,10,19-20H,8-9H2. The molecule has 0 bridgehead atoms. The average Bonchev–Trinajstić information content (AvgIpc) is 2.51. The van der Waals surface area contributed by atoms with Gasteiger partial charge in [-0.05, 0) is 18.2 Å². The highest BCUT2D eigenvalue weighted by Crippen LogP contribution is 2.36. The van der Waals surface area contributed by atoms with E-state index in [-0.39, 0.29) is 12.2 Å². The van der Waals surface area contributed by atoms with E-state index in [1.165, 1.54) is 0 Å². The van der Waals surface area contributed by atoms with Crippen LogP contribution in [0.15, 0.2) is 48.5 Å². The lowest BCUT2D eigenvalue weighted by atomic mass is 10.1. The molecule has 0 aliphatic carbocycles. The number of nitrogens with zero attached hydrogens (tertiary/aromatic N) is 1. The number of nitro groups is 1. The molecule has 0 saturated carbocycles. The van der Waals surface area contributed by atoms with Crippen molar-refractivity contribution in [3.63, 3.8) is 0 Å². The molecule has 0 saturated heterocycles. The maximum atomic E-state index is 13.0. The van der Waals surface area contributed by atoms with E-state index in [1.54, 1.807) is 0 Å². The Bertz CT molecular complexity index is 675. The molecule has 2 N–H and O–H groups in total. The van der Waals surface area contributed by atoms with E-state index in [1.807, 2.05) is 30.3 Å². The molecular weight excluding hydrogens is 311 g/mol. The number of anilines is 2. The summed E-state index contributed by atoms with van der Waals surface area (Å²) in [6.45, 7) is 0.633. The van der Waals surface area contributed by atoms with Crippen LogP contribution in [0.4, 0.5) is 30.2 Å². The van der Waals surface area contributed by atoms with Gasteiger partial charge in [0.05, 0.1) is 10.5 Å². The highest BCUT2D eigenvalue weighted by atomic mass is 19.4. The highest BCUT2D eigenvalue weighted by molar-refractivity contribution is 5.57. The van der Waals surface area contributed by atoms with Gasteiger partial charge in [0.1, 0.15) is 0 Å². The van der Waals surface area contributed by atoms with Gasteiger partial charge in [-0.15, -0.1) is 0 Å². The Hall–Kier alpha value is -2.77. The smallest absolute Gasteiger partial charge is 0.383 e. The number of rotatable bonds is 6. The van der Waals surface area contributed by atoms with Gasteiger partial charge in [0.25, 0.3) is 5.69 Å². The molecule has 0 aromatic heterocycles. The Labute approximate surface area is 130 Å². The maximum absolute atomic E-state index is 13.0. The highest BCUT2D eigenvalue weighted by Gasteiger charge is 2.35. The molecule has 0 amide bonds. The van der Waals surface area contributed by atoms with Gasteiger partial charge in [-0.3, -0.25) is 10.1 Å². The number of alkyl halides is 3. The number of non-ortho nitro benzene ring substituents is 1. The summed E-state index contributed by atoms with van der Waals surface area (Å²) in [5, 5.41) is 16.3. The van der Waals surface area contributed by atoms with Gasteiger partial charge in [0.15, 0.2) is 0 Å². The number of para-hydroxylation sites is 1. The monoisotopic (exact) mass is 325 g/mol. The second kappa shape index (κ2) is 6.99. The Balaban J connectivity index is 2.03. The molecule has 2 aromatic rings. The molecule has 8 heteroatoms. The number of nitrogens with one attached hydrogen (secondary N) is 2. The van der Waals surface area contributed by atoms with Crippen LogP contribution in [0.5, 0.6) is 0 Å². The van der Waals surface area contributed by atoms with Crippen LogP contribution in [-0.4, -0.2) is 18.0 Å². The normalized spacial score (nSPS) is 11.1. The van der Waals surface area contributed by atoms with Crippen molar-refractivity contribution in [3.05, 3.63) is 64.2 Å². The largest absolute Gasteiger partial charge is 0.418 e. The minimum absolute atomic E-state index is 0.182. The Kier molecular flexibility index (Phi) is 5.05. The van der Waals surface area contributed by atoms with Crippen molar-refractivity contribution in [3.8, 4) is 0 Å². The van der Waals surface area contributed by atoms with E-state index in [0.29, 0.717) is 12.6 Å². The lowest BCUT2D eigenvalue weighted by Crippen LogP contribution is -2.17. The lowest BCUT2D eigenvalue weighted by Gasteiger charge is -2.15. The van der Waals surface area contributed by atoms with Crippen LogP contribution in [0.1, 0.15) is 5.56 Å². The molecule has 2 rings (SSSR count). The van der Waals surface area contributed by atoms with Crippen LogP contribution in [0.25, 0.3) is 0 Å². The van der Waals surface area contributed by atoms with Gasteiger partial charge in [-0.1, -0.05) is 18.2 Å². The van der Waals surface area contributed by atoms with Crippen LogP contribution in [0.2, 0.25) is 0 Å². The molecule has 0 spiro atoms. The molecule has 0 radical (unpaired) electrons. The van der Waals surface area contributed by atoms with E-state index < -0.39 is 22.4 Å². The predicted molar refractivity (Wildman–Crippen MR) is 81.5 cm³/mol. The van der Waals surface area contributed by atoms with E-state index in [2.05, 4.69) is 10.6 Å². The third-order valence-electron chi connectivity index (χ3n) is 3.06. The quantitative estimate of drug-likeness (QED) is 0.476. The second-order valence-corrected chi connectivity index (χ2v) is 4.70. The van der Waals surface area contributed by atoms with Gasteiger partial charge >= 0.3 is 6.18 Å². The molecule has 0 fully saturated rings. The molecule has 2 aromatic carbocycles. The summed E-state index contributed by atoms with van der Waals surface area (Å²) in [5.74, 6) is 0. The zero-order valence-electron chi connectivity index (χ0n) is 11.9. The Morgan fingerprint density at radius 2 is 1.65 bits per heavy atom. The van der Waals surface area contributed by atoms with E-state index in [4.69, 9.17) is 0 Å². The summed E-state index contributed by atoms with van der Waals surface area (Å²) in [4.78, 5) is 9.77. The number of nitro benzene ring substituents is 1. The van der Waals surface area contributed by atoms with Crippen LogP contribution >= 0.6 is 0 Å². The SMILES string of the molecule is O=[N+]([O-])c1ccc(NCCNc2ccccc2)c(C(F)(F)F)c1. The third kappa shape index (κ3) is 4.60. The van der Waals surface area contributed by atoms with Crippen molar-refractivity contribution in [2.75, 3.05) is 23.7 Å². The molecule has 0 unspecified atom stereocenters. The van der Waals surface area contributed by atoms with Crippen molar-refractivity contribution in [1.29, 1.82) is 0 Å². The average molecular weight is 325 g/mol. The van der Waals surface area contributed by atoms with Crippen LogP contribution in [0.3, 0.4) is 0 Å². The summed E-state index contributed by atoms with van der Waals surface area (Å²) < 4.78 is 39.0. The number of halogens is 3. The minimum Gasteiger partial charge on any atom is -0.383 e. The molecule has 0 aliphatic rings. The van der Waals surface area contributed by atoms with Crippen molar-refractivity contribution < 1.29 is 18.1 Å².